The van der Waals surface area contributed by atoms with E-state index in [9.17, 15) is 13.2 Å². The number of anilines is 1. The zero-order chi connectivity index (χ0) is 15.9. The molecule has 0 radical (unpaired) electrons. The molecule has 7 nitrogen and oxygen atoms in total. The molecule has 1 atom stereocenters. The van der Waals surface area contributed by atoms with Crippen LogP contribution in [0.4, 0.5) is 5.82 Å². The molecule has 0 aromatic carbocycles. The number of amides is 1. The highest BCUT2D eigenvalue weighted by Gasteiger charge is 2.39. The third-order valence-electron chi connectivity index (χ3n) is 3.58. The smallest absolute Gasteiger partial charge is 0.237 e. The molecule has 0 saturated carbocycles. The Morgan fingerprint density at radius 2 is 2.18 bits per heavy atom. The molecule has 1 aliphatic rings. The van der Waals surface area contributed by atoms with Gasteiger partial charge in [-0.3, -0.25) is 19.4 Å². The lowest BCUT2D eigenvalue weighted by molar-refractivity contribution is -0.117. The molecular weight excluding hydrogens is 328 g/mol. The number of halogens is 1. The van der Waals surface area contributed by atoms with Crippen LogP contribution in [0.2, 0.25) is 0 Å². The topological polar surface area (TPSA) is 85.2 Å². The van der Waals surface area contributed by atoms with Crippen molar-refractivity contribution in [2.75, 3.05) is 11.4 Å². The average molecular weight is 341 g/mol. The fourth-order valence-electron chi connectivity index (χ4n) is 2.45. The maximum atomic E-state index is 12.1. The SMILES string of the molecule is Cn1nc(-c2cccnc2)cc1N1CC(S(=O)(=O)Cl)CC1=O. The van der Waals surface area contributed by atoms with Gasteiger partial charge in [-0.2, -0.15) is 5.10 Å². The molecule has 1 unspecified atom stereocenters. The summed E-state index contributed by atoms with van der Waals surface area (Å²) < 4.78 is 24.4. The van der Waals surface area contributed by atoms with E-state index < -0.39 is 14.3 Å². The first-order valence-corrected chi connectivity index (χ1v) is 8.92. The van der Waals surface area contributed by atoms with Gasteiger partial charge in [0.1, 0.15) is 11.1 Å². The first-order chi connectivity index (χ1) is 10.4. The van der Waals surface area contributed by atoms with Crippen molar-refractivity contribution in [3.63, 3.8) is 0 Å². The van der Waals surface area contributed by atoms with Crippen molar-refractivity contribution in [2.24, 2.45) is 7.05 Å². The second-order valence-electron chi connectivity index (χ2n) is 5.06. The van der Waals surface area contributed by atoms with Crippen LogP contribution in [0.25, 0.3) is 11.3 Å². The molecule has 0 N–H and O–H groups in total. The van der Waals surface area contributed by atoms with Gasteiger partial charge in [0, 0.05) is 54.7 Å². The molecule has 1 aliphatic heterocycles. The number of carbonyl (C=O) groups is 1. The standard InChI is InChI=1S/C13H13ClN4O3S/c1-17-12(6-11(16-17)9-3-2-4-15-7-9)18-8-10(5-13(18)19)22(14,20)21/h2-4,6-7,10H,5,8H2,1H3. The summed E-state index contributed by atoms with van der Waals surface area (Å²) in [7, 11) is 3.30. The molecule has 3 rings (SSSR count). The Bertz CT molecular complexity index is 819. The van der Waals surface area contributed by atoms with E-state index in [0.717, 1.165) is 5.56 Å². The van der Waals surface area contributed by atoms with Crippen molar-refractivity contribution in [3.8, 4) is 11.3 Å². The third kappa shape index (κ3) is 2.71. The summed E-state index contributed by atoms with van der Waals surface area (Å²) in [5.74, 6) is 0.252. The summed E-state index contributed by atoms with van der Waals surface area (Å²) in [6, 6.07) is 5.38. The Balaban J connectivity index is 1.93. The van der Waals surface area contributed by atoms with Gasteiger partial charge in [-0.25, -0.2) is 8.42 Å². The summed E-state index contributed by atoms with van der Waals surface area (Å²) in [5, 5.41) is 3.46. The van der Waals surface area contributed by atoms with Gasteiger partial charge in [-0.1, -0.05) is 0 Å². The molecular formula is C13H13ClN4O3S. The van der Waals surface area contributed by atoms with Crippen LogP contribution < -0.4 is 4.90 Å². The van der Waals surface area contributed by atoms with Crippen LogP contribution >= 0.6 is 10.7 Å². The minimum atomic E-state index is -3.76. The van der Waals surface area contributed by atoms with Gasteiger partial charge in [0.25, 0.3) is 0 Å². The van der Waals surface area contributed by atoms with Crippen molar-refractivity contribution >= 4 is 31.5 Å². The molecule has 1 saturated heterocycles. The number of nitrogens with zero attached hydrogens (tertiary/aromatic N) is 4. The normalized spacial score (nSPS) is 18.9. The third-order valence-corrected chi connectivity index (χ3v) is 5.44. The lowest BCUT2D eigenvalue weighted by Gasteiger charge is -2.15. The summed E-state index contributed by atoms with van der Waals surface area (Å²) in [4.78, 5) is 17.5. The van der Waals surface area contributed by atoms with Crippen molar-refractivity contribution in [1.82, 2.24) is 14.8 Å². The van der Waals surface area contributed by atoms with Gasteiger partial charge >= 0.3 is 0 Å². The number of aryl methyl sites for hydroxylation is 1. The van der Waals surface area contributed by atoms with E-state index in [1.54, 1.807) is 36.3 Å². The Labute approximate surface area is 131 Å². The summed E-state index contributed by atoms with van der Waals surface area (Å²) in [6.07, 6.45) is 3.22. The van der Waals surface area contributed by atoms with Crippen LogP contribution in [-0.2, 0) is 20.9 Å². The highest BCUT2D eigenvalue weighted by Crippen LogP contribution is 2.29. The number of hydrogen-bond donors (Lipinski definition) is 0. The fraction of sp³-hybridized carbons (Fsp3) is 0.308. The molecule has 0 spiro atoms. The Morgan fingerprint density at radius 1 is 1.41 bits per heavy atom. The minimum Gasteiger partial charge on any atom is -0.296 e. The molecule has 22 heavy (non-hydrogen) atoms. The molecule has 116 valence electrons. The highest BCUT2D eigenvalue weighted by atomic mass is 35.7. The fourth-order valence-corrected chi connectivity index (χ4v) is 3.48. The molecule has 2 aromatic heterocycles. The van der Waals surface area contributed by atoms with E-state index in [1.807, 2.05) is 6.07 Å². The van der Waals surface area contributed by atoms with Crippen LogP contribution in [0.5, 0.6) is 0 Å². The predicted molar refractivity (Wildman–Crippen MR) is 82.0 cm³/mol. The first kappa shape index (κ1) is 15.0. The van der Waals surface area contributed by atoms with Crippen molar-refractivity contribution in [2.45, 2.75) is 11.7 Å². The van der Waals surface area contributed by atoms with Crippen LogP contribution in [0.1, 0.15) is 6.42 Å². The van der Waals surface area contributed by atoms with Crippen molar-refractivity contribution < 1.29 is 13.2 Å². The number of rotatable bonds is 3. The van der Waals surface area contributed by atoms with E-state index in [-0.39, 0.29) is 18.9 Å². The number of hydrogen-bond acceptors (Lipinski definition) is 5. The van der Waals surface area contributed by atoms with E-state index in [1.165, 1.54) is 4.90 Å². The zero-order valence-corrected chi connectivity index (χ0v) is 13.3. The largest absolute Gasteiger partial charge is 0.296 e. The summed E-state index contributed by atoms with van der Waals surface area (Å²) in [6.45, 7) is 0.0384. The number of pyridine rings is 1. The quantitative estimate of drug-likeness (QED) is 0.783. The van der Waals surface area contributed by atoms with Gasteiger partial charge in [-0.15, -0.1) is 0 Å². The van der Waals surface area contributed by atoms with Crippen LogP contribution in [-0.4, -0.2) is 40.9 Å². The van der Waals surface area contributed by atoms with Crippen LogP contribution in [0.3, 0.4) is 0 Å². The lowest BCUT2D eigenvalue weighted by atomic mass is 10.2. The van der Waals surface area contributed by atoms with E-state index in [2.05, 4.69) is 10.1 Å². The molecule has 1 amide bonds. The number of aromatic nitrogens is 3. The van der Waals surface area contributed by atoms with E-state index in [0.29, 0.717) is 11.5 Å². The Kier molecular flexibility index (Phi) is 3.65. The summed E-state index contributed by atoms with van der Waals surface area (Å²) >= 11 is 0. The van der Waals surface area contributed by atoms with Crippen molar-refractivity contribution in [1.29, 1.82) is 0 Å². The van der Waals surface area contributed by atoms with Gasteiger partial charge in [-0.05, 0) is 12.1 Å². The second kappa shape index (κ2) is 5.36. The first-order valence-electron chi connectivity index (χ1n) is 6.54. The van der Waals surface area contributed by atoms with Gasteiger partial charge in [0.2, 0.25) is 15.0 Å². The Hall–Kier alpha value is -1.93. The van der Waals surface area contributed by atoms with Crippen LogP contribution in [0.15, 0.2) is 30.6 Å². The van der Waals surface area contributed by atoms with E-state index >= 15 is 0 Å². The summed E-state index contributed by atoms with van der Waals surface area (Å²) in [5.41, 5.74) is 1.48. The molecule has 3 heterocycles. The molecule has 9 heteroatoms. The average Bonchev–Trinajstić information content (AvgIpc) is 3.02. The predicted octanol–water partition coefficient (Wildman–Crippen LogP) is 1.16. The highest BCUT2D eigenvalue weighted by molar-refractivity contribution is 8.14. The minimum absolute atomic E-state index is 0.0384. The van der Waals surface area contributed by atoms with Gasteiger partial charge < -0.3 is 0 Å². The zero-order valence-electron chi connectivity index (χ0n) is 11.7. The van der Waals surface area contributed by atoms with Crippen molar-refractivity contribution in [3.05, 3.63) is 30.6 Å². The molecule has 0 bridgehead atoms. The molecule has 2 aromatic rings. The number of carbonyl (C=O) groups excluding carboxylic acids is 1. The lowest BCUT2D eigenvalue weighted by Crippen LogP contribution is -2.28. The maximum absolute atomic E-state index is 12.1. The Morgan fingerprint density at radius 3 is 2.77 bits per heavy atom. The van der Waals surface area contributed by atoms with Gasteiger partial charge in [0.05, 0.1) is 5.69 Å². The second-order valence-corrected chi connectivity index (χ2v) is 7.97. The molecule has 0 aliphatic carbocycles. The van der Waals surface area contributed by atoms with Gasteiger partial charge in [0.15, 0.2) is 0 Å². The van der Waals surface area contributed by atoms with Crippen LogP contribution in [0, 0.1) is 0 Å². The van der Waals surface area contributed by atoms with E-state index in [4.69, 9.17) is 10.7 Å². The maximum Gasteiger partial charge on any atom is 0.237 e. The monoisotopic (exact) mass is 340 g/mol. The molecule has 1 fully saturated rings.